The van der Waals surface area contributed by atoms with Gasteiger partial charge in [-0.25, -0.2) is 0 Å². The molecule has 0 heterocycles. The van der Waals surface area contributed by atoms with Crippen molar-refractivity contribution in [3.8, 4) is 0 Å². The molecule has 0 saturated heterocycles. The minimum atomic E-state index is 0. The average molecular weight is 229 g/mol. The van der Waals surface area contributed by atoms with Crippen molar-refractivity contribution in [1.29, 1.82) is 0 Å². The van der Waals surface area contributed by atoms with Crippen LogP contribution in [0.5, 0.6) is 0 Å². The van der Waals surface area contributed by atoms with Crippen molar-refractivity contribution in [2.24, 2.45) is 0 Å². The Morgan fingerprint density at radius 3 is 1.00 bits per heavy atom. The maximum absolute atomic E-state index is 0. The molecule has 0 spiro atoms. The zero-order chi connectivity index (χ0) is 0. The van der Waals surface area contributed by atoms with E-state index >= 15 is 0 Å². The van der Waals surface area contributed by atoms with Gasteiger partial charge in [0.05, 0.1) is 0 Å². The van der Waals surface area contributed by atoms with Gasteiger partial charge in [-0.3, -0.25) is 0 Å². The molecule has 0 rings (SSSR count). The summed E-state index contributed by atoms with van der Waals surface area (Å²) in [5.41, 5.74) is 0. The predicted octanol–water partition coefficient (Wildman–Crippen LogP) is -3.84. The van der Waals surface area contributed by atoms with Crippen LogP contribution >= 0.6 is 0 Å². The Hall–Kier alpha value is 3.32. The molecule has 0 radical (unpaired) electrons. The molecule has 22 valence electrons. The van der Waals surface area contributed by atoms with Crippen molar-refractivity contribution >= 4 is 104 Å². The van der Waals surface area contributed by atoms with Crippen LogP contribution in [0, 0.1) is 0 Å². The summed E-state index contributed by atoms with van der Waals surface area (Å²) >= 11 is 0. The van der Waals surface area contributed by atoms with Gasteiger partial charge in [-0.2, -0.15) is 0 Å². The summed E-state index contributed by atoms with van der Waals surface area (Å²) in [4.78, 5) is 0. The van der Waals surface area contributed by atoms with Gasteiger partial charge in [0, 0.05) is 0 Å². The summed E-state index contributed by atoms with van der Waals surface area (Å²) in [5.74, 6) is 0. The van der Waals surface area contributed by atoms with Gasteiger partial charge in [0.15, 0.2) is 17.4 Å². The van der Waals surface area contributed by atoms with Crippen molar-refractivity contribution < 1.29 is 5.48 Å². The monoisotopic (exact) mass is 230 g/mol. The molecule has 4 heavy (non-hydrogen) atoms. The summed E-state index contributed by atoms with van der Waals surface area (Å²) in [6, 6.07) is 0. The van der Waals surface area contributed by atoms with E-state index in [1.54, 1.807) is 0 Å². The van der Waals surface area contributed by atoms with E-state index in [9.17, 15) is 0 Å². The Labute approximate surface area is 106 Å². The van der Waals surface area contributed by atoms with Crippen molar-refractivity contribution in [2.75, 3.05) is 0 Å². The molecule has 0 aliphatic rings. The van der Waals surface area contributed by atoms with E-state index in [1.165, 1.54) is 0 Å². The van der Waals surface area contributed by atoms with Crippen molar-refractivity contribution in [3.63, 3.8) is 0 Å². The first kappa shape index (κ1) is 26.5. The molecule has 1 nitrogen and oxygen atoms in total. The topological polar surface area (TPSA) is 31.5 Å². The standard InChI is InChI=1S/Al.Ba.Ca.H2O.7H/h;;;1H2;;;;;;;. The van der Waals surface area contributed by atoms with E-state index in [2.05, 4.69) is 0 Å². The van der Waals surface area contributed by atoms with Crippen LogP contribution < -0.4 is 0 Å². The van der Waals surface area contributed by atoms with Gasteiger partial charge in [0.1, 0.15) is 0 Å². The summed E-state index contributed by atoms with van der Waals surface area (Å²) in [7, 11) is 0. The van der Waals surface area contributed by atoms with Gasteiger partial charge >= 0.3 is 86.6 Å². The van der Waals surface area contributed by atoms with Crippen molar-refractivity contribution in [1.82, 2.24) is 0 Å². The fraction of sp³-hybridized carbons (Fsp3) is 0. The zero-order valence-electron chi connectivity index (χ0n) is 0.500. The van der Waals surface area contributed by atoms with E-state index in [0.717, 1.165) is 0 Å². The molecule has 0 fully saturated rings. The maximum atomic E-state index is 0. The van der Waals surface area contributed by atoms with Crippen LogP contribution in [0.15, 0.2) is 0 Å². The quantitative estimate of drug-likeness (QED) is 0.381. The summed E-state index contributed by atoms with van der Waals surface area (Å²) < 4.78 is 0. The molecule has 4 heteroatoms. The van der Waals surface area contributed by atoms with E-state index in [1.807, 2.05) is 0 Å². The molecule has 0 aromatic carbocycles. The molecule has 0 aromatic heterocycles. The minimum absolute atomic E-state index is 0. The summed E-state index contributed by atoms with van der Waals surface area (Å²) in [6.07, 6.45) is 0. The predicted molar refractivity (Wildman–Crippen MR) is 30.6 cm³/mol. The Bertz CT molecular complexity index is 8.00. The van der Waals surface area contributed by atoms with Crippen LogP contribution in [0.3, 0.4) is 0 Å². The summed E-state index contributed by atoms with van der Waals surface area (Å²) in [6.45, 7) is 0. The van der Waals surface area contributed by atoms with Crippen LogP contribution in [0.1, 0.15) is 0 Å². The third kappa shape index (κ3) is 9.01. The molecular weight excluding hydrogens is 220 g/mol. The Morgan fingerprint density at radius 1 is 1.00 bits per heavy atom. The average Bonchev–Trinajstić information content (AvgIpc) is 0. The molecule has 0 saturated carbocycles. The normalized spacial score (nSPS) is 0. The molecule has 0 aliphatic carbocycles. The number of rotatable bonds is 0. The van der Waals surface area contributed by atoms with Crippen LogP contribution in [0.25, 0.3) is 0 Å². The summed E-state index contributed by atoms with van der Waals surface area (Å²) in [5, 5.41) is 0. The molecular formula is H9AlBaCaO. The first-order valence-electron chi connectivity index (χ1n) is 0. The molecule has 0 aliphatic heterocycles. The number of hydrogen-bond acceptors (Lipinski definition) is 0. The van der Waals surface area contributed by atoms with Crippen LogP contribution in [0.2, 0.25) is 0 Å². The van der Waals surface area contributed by atoms with E-state index in [4.69, 9.17) is 0 Å². The second-order valence-corrected chi connectivity index (χ2v) is 0. The Balaban J connectivity index is 0. The van der Waals surface area contributed by atoms with E-state index in [0.29, 0.717) is 0 Å². The second-order valence-electron chi connectivity index (χ2n) is 0. The van der Waals surface area contributed by atoms with Crippen LogP contribution in [-0.4, -0.2) is 109 Å². The Kier molecular flexibility index (Phi) is 108. The molecule has 0 aromatic rings. The third-order valence-corrected chi connectivity index (χ3v) is 0. The molecule has 0 unspecified atom stereocenters. The molecule has 0 amide bonds. The van der Waals surface area contributed by atoms with E-state index < -0.39 is 0 Å². The second kappa shape index (κ2) is 16.2. The molecule has 2 N–H and O–H groups in total. The first-order chi connectivity index (χ1) is 0. The fourth-order valence-corrected chi connectivity index (χ4v) is 0. The van der Waals surface area contributed by atoms with Crippen LogP contribution in [0.4, 0.5) is 0 Å². The first-order valence-corrected chi connectivity index (χ1v) is 0. The van der Waals surface area contributed by atoms with Crippen LogP contribution in [-0.2, 0) is 0 Å². The zero-order valence-corrected chi connectivity index (χ0v) is 0.500. The van der Waals surface area contributed by atoms with Gasteiger partial charge < -0.3 is 5.48 Å². The molecule has 0 bridgehead atoms. The van der Waals surface area contributed by atoms with Gasteiger partial charge in [-0.15, -0.1) is 0 Å². The van der Waals surface area contributed by atoms with Gasteiger partial charge in [-0.1, -0.05) is 0 Å². The Morgan fingerprint density at radius 2 is 1.00 bits per heavy atom. The van der Waals surface area contributed by atoms with Crippen molar-refractivity contribution in [2.45, 2.75) is 0 Å². The third-order valence-electron chi connectivity index (χ3n) is 0. The van der Waals surface area contributed by atoms with Gasteiger partial charge in [0.2, 0.25) is 0 Å². The van der Waals surface area contributed by atoms with Crippen molar-refractivity contribution in [3.05, 3.63) is 0 Å². The SMILES string of the molecule is O.[AlH3].[BaH2].[CaH2]. The van der Waals surface area contributed by atoms with Gasteiger partial charge in [-0.05, 0) is 0 Å². The fourth-order valence-electron chi connectivity index (χ4n) is 0. The van der Waals surface area contributed by atoms with E-state index in [-0.39, 0.29) is 109 Å². The molecule has 0 atom stereocenters. The number of hydrogen-bond donors (Lipinski definition) is 0. The van der Waals surface area contributed by atoms with Gasteiger partial charge in [0.25, 0.3) is 0 Å².